The summed E-state index contributed by atoms with van der Waals surface area (Å²) in [4.78, 5) is 24.7. The van der Waals surface area contributed by atoms with E-state index in [2.05, 4.69) is 21.2 Å². The summed E-state index contributed by atoms with van der Waals surface area (Å²) in [5.41, 5.74) is 1.52. The molecule has 5 atom stereocenters. The molecule has 1 saturated heterocycles. The third-order valence-electron chi connectivity index (χ3n) is 5.38. The summed E-state index contributed by atoms with van der Waals surface area (Å²) >= 11 is 9.57. The third-order valence-corrected chi connectivity index (χ3v) is 6.76. The smallest absolute Gasteiger partial charge is 0.310 e. The minimum Gasteiger partial charge on any atom is -0.462 e. The van der Waals surface area contributed by atoms with E-state index in [1.807, 2.05) is 19.1 Å². The van der Waals surface area contributed by atoms with Crippen molar-refractivity contribution in [2.45, 2.75) is 25.9 Å². The summed E-state index contributed by atoms with van der Waals surface area (Å²) in [5, 5.41) is 3.55. The molecule has 1 amide bonds. The fourth-order valence-electron chi connectivity index (χ4n) is 4.37. The van der Waals surface area contributed by atoms with Gasteiger partial charge in [0.2, 0.25) is 5.91 Å². The number of esters is 1. The van der Waals surface area contributed by atoms with Gasteiger partial charge >= 0.3 is 5.97 Å². The van der Waals surface area contributed by atoms with Crippen LogP contribution in [0.2, 0.25) is 5.02 Å². The number of benzene rings is 1. The van der Waals surface area contributed by atoms with E-state index >= 15 is 0 Å². The molecule has 4 rings (SSSR count). The fraction of sp³-hybridized carbons (Fsp3) is 0.500. The molecule has 1 heterocycles. The minimum absolute atomic E-state index is 0.0513. The lowest BCUT2D eigenvalue weighted by atomic mass is 9.79. The molecule has 116 valence electrons. The van der Waals surface area contributed by atoms with Gasteiger partial charge in [0.25, 0.3) is 0 Å². The molecule has 3 fully saturated rings. The second-order valence-electron chi connectivity index (χ2n) is 6.45. The van der Waals surface area contributed by atoms with Crippen LogP contribution in [0.4, 0.5) is 5.69 Å². The molecular formula is C16H15BrClNO3. The highest BCUT2D eigenvalue weighted by Gasteiger charge is 2.63. The van der Waals surface area contributed by atoms with E-state index in [0.29, 0.717) is 10.7 Å². The Hall–Kier alpha value is -1.07. The number of hydrogen-bond donors (Lipinski definition) is 1. The van der Waals surface area contributed by atoms with E-state index in [0.717, 1.165) is 22.9 Å². The molecule has 1 aromatic carbocycles. The van der Waals surface area contributed by atoms with Crippen molar-refractivity contribution < 1.29 is 14.3 Å². The number of ether oxygens (including phenoxy) is 1. The molecule has 1 aliphatic heterocycles. The Labute approximate surface area is 141 Å². The van der Waals surface area contributed by atoms with Gasteiger partial charge in [-0.05, 0) is 59.3 Å². The van der Waals surface area contributed by atoms with Crippen molar-refractivity contribution in [2.75, 3.05) is 5.32 Å². The molecule has 0 radical (unpaired) electrons. The van der Waals surface area contributed by atoms with E-state index < -0.39 is 0 Å². The summed E-state index contributed by atoms with van der Waals surface area (Å²) in [7, 11) is 0. The van der Waals surface area contributed by atoms with Gasteiger partial charge in [-0.2, -0.15) is 0 Å². The first kappa shape index (κ1) is 14.5. The van der Waals surface area contributed by atoms with Gasteiger partial charge in [-0.15, -0.1) is 0 Å². The molecule has 0 aromatic heterocycles. The quantitative estimate of drug-likeness (QED) is 0.793. The molecule has 0 unspecified atom stereocenters. The predicted molar refractivity (Wildman–Crippen MR) is 85.6 cm³/mol. The molecule has 2 aliphatic carbocycles. The van der Waals surface area contributed by atoms with Crippen LogP contribution in [0.15, 0.2) is 16.6 Å². The van der Waals surface area contributed by atoms with E-state index in [4.69, 9.17) is 16.3 Å². The third kappa shape index (κ3) is 1.95. The van der Waals surface area contributed by atoms with Gasteiger partial charge < -0.3 is 10.1 Å². The van der Waals surface area contributed by atoms with Crippen LogP contribution in [-0.2, 0) is 14.3 Å². The molecule has 2 bridgehead atoms. The molecule has 2 saturated carbocycles. The lowest BCUT2D eigenvalue weighted by Gasteiger charge is -2.24. The van der Waals surface area contributed by atoms with Crippen LogP contribution in [0, 0.1) is 30.6 Å². The Balaban J connectivity index is 1.59. The Morgan fingerprint density at radius 3 is 2.95 bits per heavy atom. The molecule has 3 aliphatic rings. The van der Waals surface area contributed by atoms with E-state index in [1.54, 1.807) is 0 Å². The van der Waals surface area contributed by atoms with Crippen molar-refractivity contribution in [3.63, 3.8) is 0 Å². The number of nitrogens with one attached hydrogen (secondary N) is 1. The fourth-order valence-corrected chi connectivity index (χ4v) is 4.96. The first-order valence-electron chi connectivity index (χ1n) is 7.43. The van der Waals surface area contributed by atoms with Crippen LogP contribution in [0.1, 0.15) is 18.4 Å². The average molecular weight is 385 g/mol. The van der Waals surface area contributed by atoms with Gasteiger partial charge in [0.1, 0.15) is 6.10 Å². The molecule has 1 aromatic rings. The minimum atomic E-state index is -0.266. The molecule has 1 N–H and O–H groups in total. The van der Waals surface area contributed by atoms with Gasteiger partial charge in [-0.3, -0.25) is 9.59 Å². The maximum atomic E-state index is 12.7. The lowest BCUT2D eigenvalue weighted by molar-refractivity contribution is -0.145. The van der Waals surface area contributed by atoms with Crippen LogP contribution in [0.25, 0.3) is 0 Å². The van der Waals surface area contributed by atoms with Gasteiger partial charge in [0, 0.05) is 16.1 Å². The van der Waals surface area contributed by atoms with Crippen molar-refractivity contribution in [1.82, 2.24) is 0 Å². The zero-order chi connectivity index (χ0) is 15.6. The Bertz CT molecular complexity index is 690. The largest absolute Gasteiger partial charge is 0.462 e. The Kier molecular flexibility index (Phi) is 3.28. The number of anilines is 1. The van der Waals surface area contributed by atoms with Crippen molar-refractivity contribution in [3.05, 3.63) is 27.2 Å². The van der Waals surface area contributed by atoms with Gasteiger partial charge in [-0.1, -0.05) is 11.6 Å². The maximum absolute atomic E-state index is 12.7. The second-order valence-corrected chi connectivity index (χ2v) is 7.68. The first-order chi connectivity index (χ1) is 10.5. The molecule has 6 heteroatoms. The standard InChI is InChI=1S/C16H15BrClNO3/c1-6-10(3-2-9(17)14(6)18)19-15(20)12-7-4-8-11(5-7)22-16(21)13(8)12/h2-3,7-8,11-13H,4-5H2,1H3,(H,19,20)/t7-,8+,11-,12-,13-/m1/s1. The summed E-state index contributed by atoms with van der Waals surface area (Å²) in [5.74, 6) is -0.300. The highest BCUT2D eigenvalue weighted by Crippen LogP contribution is 2.57. The number of rotatable bonds is 2. The number of halogens is 2. The molecular weight excluding hydrogens is 370 g/mol. The molecule has 4 nitrogen and oxygen atoms in total. The lowest BCUT2D eigenvalue weighted by Crippen LogP contribution is -2.36. The van der Waals surface area contributed by atoms with Crippen LogP contribution >= 0.6 is 27.5 Å². The molecule has 22 heavy (non-hydrogen) atoms. The summed E-state index contributed by atoms with van der Waals surface area (Å²) < 4.78 is 6.18. The van der Waals surface area contributed by atoms with Crippen molar-refractivity contribution in [1.29, 1.82) is 0 Å². The summed E-state index contributed by atoms with van der Waals surface area (Å²) in [6.45, 7) is 1.86. The summed E-state index contributed by atoms with van der Waals surface area (Å²) in [6, 6.07) is 3.64. The van der Waals surface area contributed by atoms with Crippen LogP contribution in [-0.4, -0.2) is 18.0 Å². The van der Waals surface area contributed by atoms with Crippen LogP contribution < -0.4 is 5.32 Å². The Morgan fingerprint density at radius 2 is 2.18 bits per heavy atom. The van der Waals surface area contributed by atoms with Crippen LogP contribution in [0.3, 0.4) is 0 Å². The maximum Gasteiger partial charge on any atom is 0.310 e. The predicted octanol–water partition coefficient (Wildman–Crippen LogP) is 3.55. The van der Waals surface area contributed by atoms with Gasteiger partial charge in [-0.25, -0.2) is 0 Å². The molecule has 0 spiro atoms. The first-order valence-corrected chi connectivity index (χ1v) is 8.60. The van der Waals surface area contributed by atoms with E-state index in [-0.39, 0.29) is 41.7 Å². The zero-order valence-corrected chi connectivity index (χ0v) is 14.3. The van der Waals surface area contributed by atoms with Crippen molar-refractivity contribution in [2.24, 2.45) is 23.7 Å². The number of fused-ring (bicyclic) bond motifs is 1. The number of carbonyl (C=O) groups excluding carboxylic acids is 2. The van der Waals surface area contributed by atoms with Crippen molar-refractivity contribution >= 4 is 45.1 Å². The van der Waals surface area contributed by atoms with Gasteiger partial charge in [0.15, 0.2) is 0 Å². The number of hydrogen-bond acceptors (Lipinski definition) is 3. The zero-order valence-electron chi connectivity index (χ0n) is 11.9. The van der Waals surface area contributed by atoms with Gasteiger partial charge in [0.05, 0.1) is 16.9 Å². The number of amides is 1. The highest BCUT2D eigenvalue weighted by molar-refractivity contribution is 9.10. The Morgan fingerprint density at radius 1 is 1.41 bits per heavy atom. The highest BCUT2D eigenvalue weighted by atomic mass is 79.9. The van der Waals surface area contributed by atoms with Crippen LogP contribution in [0.5, 0.6) is 0 Å². The topological polar surface area (TPSA) is 55.4 Å². The SMILES string of the molecule is Cc1c(NC(=O)[C@@H]2[C@@H]3C[C@@H]4[C@H]2C(=O)O[C@@H]4C3)ccc(Br)c1Cl. The average Bonchev–Trinajstić information content (AvgIpc) is 3.09. The van der Waals surface area contributed by atoms with Crippen molar-refractivity contribution in [3.8, 4) is 0 Å². The second kappa shape index (κ2) is 4.96. The monoisotopic (exact) mass is 383 g/mol. The number of carbonyl (C=O) groups is 2. The van der Waals surface area contributed by atoms with E-state index in [9.17, 15) is 9.59 Å². The normalized spacial score (nSPS) is 34.9. The van der Waals surface area contributed by atoms with E-state index in [1.165, 1.54) is 0 Å². The summed E-state index contributed by atoms with van der Waals surface area (Å²) in [6.07, 6.45) is 1.81.